The van der Waals surface area contributed by atoms with Gasteiger partial charge in [0.05, 0.1) is 43.2 Å². The molecule has 0 aromatic carbocycles. The average Bonchev–Trinajstić information content (AvgIpc) is 3.09. The molecule has 3 aliphatic carbocycles. The van der Waals surface area contributed by atoms with Crippen molar-refractivity contribution in [2.24, 2.45) is 17.8 Å². The highest BCUT2D eigenvalue weighted by Gasteiger charge is 2.39. The van der Waals surface area contributed by atoms with Gasteiger partial charge in [-0.05, 0) is 83.5 Å². The molecule has 4 amide bonds. The Bertz CT molecular complexity index is 1160. The zero-order valence-electron chi connectivity index (χ0n) is 32.3. The first-order valence-corrected chi connectivity index (χ1v) is 19.3. The molecular formula is C38H67N5O8. The van der Waals surface area contributed by atoms with Crippen molar-refractivity contribution in [2.45, 2.75) is 154 Å². The van der Waals surface area contributed by atoms with Crippen LogP contribution >= 0.6 is 0 Å². The summed E-state index contributed by atoms with van der Waals surface area (Å²) in [6.45, 7) is 9.78. The van der Waals surface area contributed by atoms with Gasteiger partial charge in [-0.15, -0.1) is 0 Å². The number of ketones is 1. The van der Waals surface area contributed by atoms with Crippen LogP contribution in [0, 0.1) is 17.8 Å². The van der Waals surface area contributed by atoms with Gasteiger partial charge in [-0.1, -0.05) is 33.6 Å². The molecule has 0 spiro atoms. The highest BCUT2D eigenvalue weighted by Crippen LogP contribution is 2.30. The summed E-state index contributed by atoms with van der Waals surface area (Å²) in [5.74, 6) is -1.64. The standard InChI is InChI=1S/C38H67N5O8/c1-25(2)18-20-42(34(45)24-43(21-19-35(46)47)36(48)30-17-16-29(50-6)22-32(30)51-7)23-33(44)38(4,5)41-28-14-12-27(13-15-28)39-37(49)40-31-11-9-8-10-26(31)3/h25-32,41H,8-24H2,1-7H3,(H,46,47)(H2,39,40,49). The summed E-state index contributed by atoms with van der Waals surface area (Å²) in [6.07, 6.45) is 9.45. The van der Waals surface area contributed by atoms with E-state index in [1.807, 2.05) is 27.7 Å². The molecule has 0 radical (unpaired) electrons. The molecule has 13 heteroatoms. The van der Waals surface area contributed by atoms with E-state index in [-0.39, 0.29) is 79.8 Å². The molecule has 3 fully saturated rings. The normalized spacial score (nSPS) is 27.0. The number of Topliss-reactive ketones (excluding diaryl/α,β-unsaturated/α-hetero) is 1. The lowest BCUT2D eigenvalue weighted by atomic mass is 9.83. The minimum Gasteiger partial charge on any atom is -0.481 e. The fraction of sp³-hybridized carbons (Fsp3) is 0.868. The van der Waals surface area contributed by atoms with Crippen molar-refractivity contribution in [3.63, 3.8) is 0 Å². The third-order valence-corrected chi connectivity index (χ3v) is 11.3. The number of carbonyl (C=O) groups excluding carboxylic acids is 4. The number of carbonyl (C=O) groups is 5. The van der Waals surface area contributed by atoms with Crippen LogP contribution in [-0.2, 0) is 28.7 Å². The van der Waals surface area contributed by atoms with E-state index < -0.39 is 23.5 Å². The second kappa shape index (κ2) is 20.5. The van der Waals surface area contributed by atoms with Gasteiger partial charge in [-0.25, -0.2) is 4.79 Å². The molecule has 0 bridgehead atoms. The number of methoxy groups -OCH3 is 2. The average molecular weight is 722 g/mol. The quantitative estimate of drug-likeness (QED) is 0.163. The molecule has 0 aromatic rings. The maximum atomic E-state index is 13.9. The number of nitrogens with one attached hydrogen (secondary N) is 3. The van der Waals surface area contributed by atoms with Gasteiger partial charge in [-0.3, -0.25) is 19.2 Å². The maximum Gasteiger partial charge on any atom is 0.315 e. The molecule has 51 heavy (non-hydrogen) atoms. The van der Waals surface area contributed by atoms with Gasteiger partial charge in [0.25, 0.3) is 0 Å². The number of aliphatic carboxylic acids is 1. The topological polar surface area (TPSA) is 167 Å². The van der Waals surface area contributed by atoms with Crippen molar-refractivity contribution >= 4 is 29.6 Å². The number of ether oxygens (including phenoxy) is 2. The predicted octanol–water partition coefficient (Wildman–Crippen LogP) is 4.12. The van der Waals surface area contributed by atoms with Crippen LogP contribution in [-0.4, -0.2) is 121 Å². The van der Waals surface area contributed by atoms with Crippen LogP contribution in [0.2, 0.25) is 0 Å². The Morgan fingerprint density at radius 1 is 0.824 bits per heavy atom. The number of amides is 4. The van der Waals surface area contributed by atoms with Crippen LogP contribution in [0.4, 0.5) is 4.79 Å². The van der Waals surface area contributed by atoms with Gasteiger partial charge in [0.1, 0.15) is 0 Å². The van der Waals surface area contributed by atoms with Gasteiger partial charge in [0, 0.05) is 51.9 Å². The molecular weight excluding hydrogens is 654 g/mol. The van der Waals surface area contributed by atoms with Gasteiger partial charge in [-0.2, -0.15) is 0 Å². The number of nitrogens with zero attached hydrogens (tertiary/aromatic N) is 2. The molecule has 0 heterocycles. The summed E-state index contributed by atoms with van der Waals surface area (Å²) in [5, 5.41) is 19.3. The Hall–Kier alpha value is -2.77. The first-order valence-electron chi connectivity index (χ1n) is 19.3. The third-order valence-electron chi connectivity index (χ3n) is 11.3. The van der Waals surface area contributed by atoms with Crippen LogP contribution < -0.4 is 16.0 Å². The van der Waals surface area contributed by atoms with Crippen LogP contribution in [0.5, 0.6) is 0 Å². The van der Waals surface area contributed by atoms with E-state index in [9.17, 15) is 29.1 Å². The Kier molecular flexibility index (Phi) is 17.1. The lowest BCUT2D eigenvalue weighted by Gasteiger charge is -2.38. The molecule has 292 valence electrons. The number of carboxylic acid groups (broad SMARTS) is 1. The van der Waals surface area contributed by atoms with E-state index in [2.05, 4.69) is 22.9 Å². The molecule has 0 aliphatic heterocycles. The lowest BCUT2D eigenvalue weighted by Crippen LogP contribution is -2.57. The zero-order chi connectivity index (χ0) is 37.7. The molecule has 3 aliphatic rings. The lowest BCUT2D eigenvalue weighted by molar-refractivity contribution is -0.151. The van der Waals surface area contributed by atoms with Crippen molar-refractivity contribution in [1.29, 1.82) is 0 Å². The van der Waals surface area contributed by atoms with Crippen molar-refractivity contribution in [3.05, 3.63) is 0 Å². The second-order valence-electron chi connectivity index (χ2n) is 16.2. The van der Waals surface area contributed by atoms with Crippen molar-refractivity contribution in [3.8, 4) is 0 Å². The summed E-state index contributed by atoms with van der Waals surface area (Å²) >= 11 is 0. The van der Waals surface area contributed by atoms with E-state index >= 15 is 0 Å². The number of hydrogen-bond acceptors (Lipinski definition) is 8. The van der Waals surface area contributed by atoms with Crippen LogP contribution in [0.15, 0.2) is 0 Å². The minimum atomic E-state index is -1.06. The fourth-order valence-corrected chi connectivity index (χ4v) is 7.82. The van der Waals surface area contributed by atoms with Crippen molar-refractivity contribution in [1.82, 2.24) is 25.8 Å². The molecule has 5 unspecified atom stereocenters. The molecule has 4 N–H and O–H groups in total. The maximum absolute atomic E-state index is 13.9. The Labute approximate surface area is 305 Å². The first kappa shape index (κ1) is 42.6. The van der Waals surface area contributed by atoms with Gasteiger partial charge in [0.15, 0.2) is 5.78 Å². The van der Waals surface area contributed by atoms with Gasteiger partial charge in [0.2, 0.25) is 11.8 Å². The Balaban J connectivity index is 1.60. The molecule has 3 saturated carbocycles. The largest absolute Gasteiger partial charge is 0.481 e. The molecule has 3 rings (SSSR count). The summed E-state index contributed by atoms with van der Waals surface area (Å²) in [7, 11) is 3.18. The highest BCUT2D eigenvalue weighted by molar-refractivity contribution is 5.93. The SMILES string of the molecule is COC1CCC(C(=O)N(CCC(=O)O)CC(=O)N(CCC(C)C)CC(=O)C(C)(C)NC2CCC(NC(=O)NC3CCCCC3C)CC2)C(OC)C1. The van der Waals surface area contributed by atoms with E-state index in [1.54, 1.807) is 14.2 Å². The number of rotatable bonds is 18. The van der Waals surface area contributed by atoms with Gasteiger partial charge >= 0.3 is 12.0 Å². The van der Waals surface area contributed by atoms with Crippen LogP contribution in [0.25, 0.3) is 0 Å². The van der Waals surface area contributed by atoms with E-state index in [0.29, 0.717) is 38.1 Å². The van der Waals surface area contributed by atoms with Crippen LogP contribution in [0.1, 0.15) is 118 Å². The zero-order valence-corrected chi connectivity index (χ0v) is 32.3. The first-order chi connectivity index (χ1) is 24.1. The molecule has 0 aromatic heterocycles. The predicted molar refractivity (Wildman–Crippen MR) is 195 cm³/mol. The summed E-state index contributed by atoms with van der Waals surface area (Å²) in [4.78, 5) is 68.6. The van der Waals surface area contributed by atoms with E-state index in [4.69, 9.17) is 9.47 Å². The van der Waals surface area contributed by atoms with Crippen LogP contribution in [0.3, 0.4) is 0 Å². The monoisotopic (exact) mass is 721 g/mol. The highest BCUT2D eigenvalue weighted by atomic mass is 16.5. The van der Waals surface area contributed by atoms with Crippen molar-refractivity contribution < 1.29 is 38.6 Å². The third kappa shape index (κ3) is 13.6. The number of carboxylic acids is 1. The number of hydrogen-bond donors (Lipinski definition) is 4. The summed E-state index contributed by atoms with van der Waals surface area (Å²) in [5.41, 5.74) is -0.916. The van der Waals surface area contributed by atoms with Crippen molar-refractivity contribution in [2.75, 3.05) is 40.4 Å². The fourth-order valence-electron chi connectivity index (χ4n) is 7.82. The molecule has 13 nitrogen and oxygen atoms in total. The Morgan fingerprint density at radius 2 is 1.49 bits per heavy atom. The van der Waals surface area contributed by atoms with E-state index in [0.717, 1.165) is 44.9 Å². The summed E-state index contributed by atoms with van der Waals surface area (Å²) in [6, 6.07) is 0.320. The smallest absolute Gasteiger partial charge is 0.315 e. The van der Waals surface area contributed by atoms with E-state index in [1.165, 1.54) is 16.2 Å². The number of urea groups is 1. The van der Waals surface area contributed by atoms with Gasteiger partial charge < -0.3 is 40.3 Å². The molecule has 0 saturated heterocycles. The Morgan fingerprint density at radius 3 is 2.10 bits per heavy atom. The molecule has 5 atom stereocenters. The minimum absolute atomic E-state index is 0.0317. The summed E-state index contributed by atoms with van der Waals surface area (Å²) < 4.78 is 11.1. The second-order valence-corrected chi connectivity index (χ2v) is 16.2.